The number of carbonyl (C=O) groups is 2. The van der Waals surface area contributed by atoms with Crippen LogP contribution in [-0.4, -0.2) is 71.5 Å². The number of carbonyl (C=O) groups excluding carboxylic acids is 2. The Morgan fingerprint density at radius 3 is 2.32 bits per heavy atom. The molecule has 0 radical (unpaired) electrons. The molecule has 0 atom stereocenters. The van der Waals surface area contributed by atoms with Crippen molar-refractivity contribution in [2.75, 3.05) is 51.9 Å². The van der Waals surface area contributed by atoms with Gasteiger partial charge in [-0.05, 0) is 18.2 Å². The lowest BCUT2D eigenvalue weighted by Gasteiger charge is -2.30. The van der Waals surface area contributed by atoms with Gasteiger partial charge in [-0.3, -0.25) is 4.79 Å². The van der Waals surface area contributed by atoms with Gasteiger partial charge in [0.1, 0.15) is 0 Å². The van der Waals surface area contributed by atoms with Gasteiger partial charge in [0.05, 0.1) is 29.4 Å². The Balaban J connectivity index is 2.39. The van der Waals surface area contributed by atoms with E-state index >= 15 is 0 Å². The highest BCUT2D eigenvalue weighted by Gasteiger charge is 2.27. The van der Waals surface area contributed by atoms with Crippen molar-refractivity contribution < 1.29 is 27.5 Å². The smallest absolute Gasteiger partial charge is 0.340 e. The molecule has 156 valence electrons. The van der Waals surface area contributed by atoms with Crippen LogP contribution in [0.15, 0.2) is 23.1 Å². The maximum absolute atomic E-state index is 12.7. The van der Waals surface area contributed by atoms with E-state index in [2.05, 4.69) is 0 Å². The number of hydrogen-bond donors (Lipinski definition) is 0. The topological polar surface area (TPSA) is 93.2 Å². The molecule has 1 aromatic rings. The summed E-state index contributed by atoms with van der Waals surface area (Å²) < 4.78 is 36.6. The van der Waals surface area contributed by atoms with Crippen LogP contribution >= 0.6 is 0 Å². The van der Waals surface area contributed by atoms with E-state index in [1.165, 1.54) is 26.2 Å². The van der Waals surface area contributed by atoms with Crippen molar-refractivity contribution in [2.45, 2.75) is 25.7 Å². The van der Waals surface area contributed by atoms with Crippen molar-refractivity contribution in [1.82, 2.24) is 4.31 Å². The number of rotatable bonds is 6. The molecule has 8 nitrogen and oxygen atoms in total. The molecule has 1 fully saturated rings. The van der Waals surface area contributed by atoms with E-state index in [9.17, 15) is 18.0 Å². The van der Waals surface area contributed by atoms with Crippen LogP contribution in [0, 0.1) is 5.41 Å². The minimum Gasteiger partial charge on any atom is -0.454 e. The van der Waals surface area contributed by atoms with Gasteiger partial charge in [0.2, 0.25) is 10.0 Å². The molecule has 0 N–H and O–H groups in total. The summed E-state index contributed by atoms with van der Waals surface area (Å²) in [6.07, 6.45) is 0. The highest BCUT2D eigenvalue weighted by atomic mass is 32.2. The average molecular weight is 413 g/mol. The van der Waals surface area contributed by atoms with E-state index in [1.54, 1.807) is 26.8 Å². The number of hydrogen-bond acceptors (Lipinski definition) is 7. The van der Waals surface area contributed by atoms with Gasteiger partial charge in [0, 0.05) is 32.6 Å². The van der Waals surface area contributed by atoms with Crippen LogP contribution < -0.4 is 4.90 Å². The van der Waals surface area contributed by atoms with Gasteiger partial charge in [-0.25, -0.2) is 17.5 Å². The van der Waals surface area contributed by atoms with Gasteiger partial charge < -0.3 is 14.4 Å². The SMILES string of the molecule is CN(C)S(=O)(=O)c1ccc(N2CCOCC2)c(C(=O)OCC(=O)C(C)(C)C)c1. The molecule has 1 aliphatic heterocycles. The molecule has 0 spiro atoms. The minimum atomic E-state index is -3.72. The van der Waals surface area contributed by atoms with Gasteiger partial charge >= 0.3 is 5.97 Å². The molecule has 0 unspecified atom stereocenters. The van der Waals surface area contributed by atoms with Crippen molar-refractivity contribution in [3.05, 3.63) is 23.8 Å². The first-order valence-electron chi connectivity index (χ1n) is 9.04. The van der Waals surface area contributed by atoms with E-state index < -0.39 is 21.4 Å². The van der Waals surface area contributed by atoms with Crippen LogP contribution in [0.2, 0.25) is 0 Å². The summed E-state index contributed by atoms with van der Waals surface area (Å²) in [5, 5.41) is 0. The molecular weight excluding hydrogens is 384 g/mol. The zero-order chi connectivity index (χ0) is 21.1. The Labute approximate surface area is 166 Å². The number of sulfonamides is 1. The molecule has 28 heavy (non-hydrogen) atoms. The van der Waals surface area contributed by atoms with Crippen LogP contribution in [0.4, 0.5) is 5.69 Å². The third-order valence-corrected chi connectivity index (χ3v) is 6.30. The second-order valence-corrected chi connectivity index (χ2v) is 9.97. The Hall–Kier alpha value is -1.97. The molecule has 9 heteroatoms. The molecular formula is C19H28N2O6S. The molecule has 0 aromatic heterocycles. The molecule has 0 amide bonds. The standard InChI is InChI=1S/C19H28N2O6S/c1-19(2,3)17(22)13-27-18(23)15-12-14(28(24,25)20(4)5)6-7-16(15)21-8-10-26-11-9-21/h6-7,12H,8-11,13H2,1-5H3. The quantitative estimate of drug-likeness (QED) is 0.654. The normalized spacial score (nSPS) is 15.6. The van der Waals surface area contributed by atoms with Gasteiger partial charge in [0.25, 0.3) is 0 Å². The number of nitrogens with zero attached hydrogens (tertiary/aromatic N) is 2. The van der Waals surface area contributed by atoms with E-state index in [1.807, 2.05) is 4.90 Å². The number of benzene rings is 1. The Bertz CT molecular complexity index is 836. The van der Waals surface area contributed by atoms with E-state index in [-0.39, 0.29) is 22.8 Å². The highest BCUT2D eigenvalue weighted by Crippen LogP contribution is 2.27. The largest absolute Gasteiger partial charge is 0.454 e. The lowest BCUT2D eigenvalue weighted by molar-refractivity contribution is -0.129. The third-order valence-electron chi connectivity index (χ3n) is 4.49. The lowest BCUT2D eigenvalue weighted by atomic mass is 9.91. The first kappa shape index (κ1) is 22.3. The summed E-state index contributed by atoms with van der Waals surface area (Å²) in [4.78, 5) is 26.8. The number of anilines is 1. The van der Waals surface area contributed by atoms with E-state index in [0.717, 1.165) is 4.31 Å². The highest BCUT2D eigenvalue weighted by molar-refractivity contribution is 7.89. The monoisotopic (exact) mass is 412 g/mol. The zero-order valence-corrected chi connectivity index (χ0v) is 17.8. The minimum absolute atomic E-state index is 0.0105. The molecule has 1 saturated heterocycles. The fraction of sp³-hybridized carbons (Fsp3) is 0.579. The predicted molar refractivity (Wildman–Crippen MR) is 105 cm³/mol. The Kier molecular flexibility index (Phi) is 6.84. The molecule has 0 aliphatic carbocycles. The average Bonchev–Trinajstić information content (AvgIpc) is 2.65. The van der Waals surface area contributed by atoms with E-state index in [0.29, 0.717) is 32.0 Å². The van der Waals surface area contributed by atoms with Crippen molar-refractivity contribution in [3.8, 4) is 0 Å². The van der Waals surface area contributed by atoms with Crippen molar-refractivity contribution in [3.63, 3.8) is 0 Å². The Morgan fingerprint density at radius 1 is 1.18 bits per heavy atom. The van der Waals surface area contributed by atoms with Gasteiger partial charge in [-0.2, -0.15) is 0 Å². The van der Waals surface area contributed by atoms with Gasteiger partial charge in [-0.15, -0.1) is 0 Å². The summed E-state index contributed by atoms with van der Waals surface area (Å²) in [6, 6.07) is 4.38. The third kappa shape index (κ3) is 5.09. The molecule has 1 aromatic carbocycles. The second kappa shape index (κ2) is 8.59. The van der Waals surface area contributed by atoms with Crippen LogP contribution in [0.5, 0.6) is 0 Å². The molecule has 1 heterocycles. The first-order chi connectivity index (χ1) is 12.9. The lowest BCUT2D eigenvalue weighted by Crippen LogP contribution is -2.37. The number of morpholine rings is 1. The molecule has 0 bridgehead atoms. The summed E-state index contributed by atoms with van der Waals surface area (Å²) in [5.41, 5.74) is 0.0458. The second-order valence-electron chi connectivity index (χ2n) is 7.82. The van der Waals surface area contributed by atoms with Gasteiger partial charge in [-0.1, -0.05) is 20.8 Å². The summed E-state index contributed by atoms with van der Waals surface area (Å²) in [7, 11) is -0.876. The van der Waals surface area contributed by atoms with Crippen LogP contribution in [0.25, 0.3) is 0 Å². The van der Waals surface area contributed by atoms with Crippen LogP contribution in [0.1, 0.15) is 31.1 Å². The number of esters is 1. The van der Waals surface area contributed by atoms with E-state index in [4.69, 9.17) is 9.47 Å². The summed E-state index contributed by atoms with van der Waals surface area (Å²) in [6.45, 7) is 7.02. The fourth-order valence-corrected chi connectivity index (χ4v) is 3.48. The van der Waals surface area contributed by atoms with Crippen LogP contribution in [0.3, 0.4) is 0 Å². The maximum Gasteiger partial charge on any atom is 0.340 e. The number of ether oxygens (including phenoxy) is 2. The van der Waals surface area contributed by atoms with Crippen molar-refractivity contribution >= 4 is 27.5 Å². The molecule has 2 rings (SSSR count). The number of ketones is 1. The maximum atomic E-state index is 12.7. The predicted octanol–water partition coefficient (Wildman–Crippen LogP) is 1.55. The number of Topliss-reactive ketones (excluding diaryl/α,β-unsaturated/α-hetero) is 1. The molecule has 1 aliphatic rings. The summed E-state index contributed by atoms with van der Waals surface area (Å²) in [5.74, 6) is -0.944. The molecule has 0 saturated carbocycles. The Morgan fingerprint density at radius 2 is 1.79 bits per heavy atom. The van der Waals surface area contributed by atoms with Crippen LogP contribution in [-0.2, 0) is 24.3 Å². The van der Waals surface area contributed by atoms with Gasteiger partial charge in [0.15, 0.2) is 12.4 Å². The van der Waals surface area contributed by atoms with Crippen molar-refractivity contribution in [2.24, 2.45) is 5.41 Å². The summed E-state index contributed by atoms with van der Waals surface area (Å²) >= 11 is 0. The fourth-order valence-electron chi connectivity index (χ4n) is 2.56. The zero-order valence-electron chi connectivity index (χ0n) is 17.0. The first-order valence-corrected chi connectivity index (χ1v) is 10.5. The van der Waals surface area contributed by atoms with Crippen molar-refractivity contribution in [1.29, 1.82) is 0 Å².